The molecule has 0 fully saturated rings. The molecule has 11 rings (SSSR count). The summed E-state index contributed by atoms with van der Waals surface area (Å²) >= 11 is 7.15. The minimum absolute atomic E-state index is 0.483. The van der Waals surface area contributed by atoms with Gasteiger partial charge in [0, 0.05) is 49.3 Å². The number of rotatable bonds is 4. The summed E-state index contributed by atoms with van der Waals surface area (Å²) in [6.07, 6.45) is 0. The first-order valence-electron chi connectivity index (χ1n) is 17.5. The molecule has 0 atom stereocenters. The molecule has 0 aliphatic rings. The van der Waals surface area contributed by atoms with Crippen molar-refractivity contribution < 1.29 is 4.42 Å². The summed E-state index contributed by atoms with van der Waals surface area (Å²) in [5.41, 5.74) is 7.37. The van der Waals surface area contributed by atoms with Gasteiger partial charge in [-0.2, -0.15) is 0 Å². The Morgan fingerprint density at radius 2 is 1.09 bits per heavy atom. The lowest BCUT2D eigenvalue weighted by atomic mass is 10.0. The van der Waals surface area contributed by atoms with Crippen molar-refractivity contribution in [2.75, 3.05) is 0 Å². The van der Waals surface area contributed by atoms with Crippen LogP contribution in [0.4, 0.5) is 0 Å². The molecular formula is C47H27ClN4O. The second-order valence-electron chi connectivity index (χ2n) is 13.3. The van der Waals surface area contributed by atoms with Gasteiger partial charge in [-0.25, -0.2) is 15.0 Å². The van der Waals surface area contributed by atoms with Crippen LogP contribution in [0.3, 0.4) is 0 Å². The predicted octanol–water partition coefficient (Wildman–Crippen LogP) is 12.8. The highest BCUT2D eigenvalue weighted by atomic mass is 35.5. The van der Waals surface area contributed by atoms with E-state index in [4.69, 9.17) is 31.0 Å². The van der Waals surface area contributed by atoms with Gasteiger partial charge in [0.2, 0.25) is 0 Å². The first-order valence-corrected chi connectivity index (χ1v) is 17.9. The number of hydrogen-bond acceptors (Lipinski definition) is 4. The van der Waals surface area contributed by atoms with E-state index in [-0.39, 0.29) is 0 Å². The van der Waals surface area contributed by atoms with E-state index in [2.05, 4.69) is 126 Å². The number of para-hydroxylation sites is 2. The summed E-state index contributed by atoms with van der Waals surface area (Å²) in [7, 11) is 0. The molecule has 11 aromatic rings. The maximum absolute atomic E-state index is 7.15. The lowest BCUT2D eigenvalue weighted by Gasteiger charge is -2.11. The zero-order valence-electron chi connectivity index (χ0n) is 28.2. The van der Waals surface area contributed by atoms with Crippen LogP contribution in [0.25, 0.3) is 105 Å². The van der Waals surface area contributed by atoms with Crippen LogP contribution in [-0.2, 0) is 0 Å². The van der Waals surface area contributed by atoms with Gasteiger partial charge in [0.15, 0.2) is 17.5 Å². The fourth-order valence-electron chi connectivity index (χ4n) is 7.83. The standard InChI is InChI=1S/C47H27ClN4O/c48-38-23-25-41-42(36-22-20-29-11-6-7-15-34(29)44(36)53-41)43(38)47-50-45(31-19-18-28-10-4-5-12-30(28)26-31)49-46(51-47)32-21-24-40-37(27-32)35-16-8-9-17-39(35)52(40)33-13-2-1-3-14-33/h1-27H. The van der Waals surface area contributed by atoms with E-state index in [1.54, 1.807) is 0 Å². The smallest absolute Gasteiger partial charge is 0.166 e. The maximum Gasteiger partial charge on any atom is 0.166 e. The number of halogens is 1. The summed E-state index contributed by atoms with van der Waals surface area (Å²) in [6.45, 7) is 0. The van der Waals surface area contributed by atoms with Gasteiger partial charge in [0.05, 0.1) is 16.1 Å². The first-order chi connectivity index (χ1) is 26.2. The second-order valence-corrected chi connectivity index (χ2v) is 13.8. The normalized spacial score (nSPS) is 11.9. The van der Waals surface area contributed by atoms with Crippen LogP contribution in [0.2, 0.25) is 5.02 Å². The molecule has 3 aromatic heterocycles. The molecule has 53 heavy (non-hydrogen) atoms. The molecule has 0 radical (unpaired) electrons. The van der Waals surface area contributed by atoms with Gasteiger partial charge in [-0.3, -0.25) is 0 Å². The van der Waals surface area contributed by atoms with Crippen LogP contribution in [0.15, 0.2) is 168 Å². The van der Waals surface area contributed by atoms with Gasteiger partial charge in [-0.05, 0) is 76.8 Å². The molecule has 0 amide bonds. The van der Waals surface area contributed by atoms with Crippen molar-refractivity contribution >= 4 is 76.9 Å². The van der Waals surface area contributed by atoms with Crippen LogP contribution < -0.4 is 0 Å². The quantitative estimate of drug-likeness (QED) is 0.184. The van der Waals surface area contributed by atoms with Crippen molar-refractivity contribution in [3.63, 3.8) is 0 Å². The molecule has 0 bridgehead atoms. The van der Waals surface area contributed by atoms with Gasteiger partial charge in [-0.1, -0.05) is 115 Å². The number of nitrogens with zero attached hydrogens (tertiary/aromatic N) is 4. The molecular weight excluding hydrogens is 672 g/mol. The molecule has 0 saturated heterocycles. The van der Waals surface area contributed by atoms with Crippen LogP contribution in [0, 0.1) is 0 Å². The lowest BCUT2D eigenvalue weighted by Crippen LogP contribution is -2.01. The molecule has 0 saturated carbocycles. The Labute approximate surface area is 308 Å². The summed E-state index contributed by atoms with van der Waals surface area (Å²) < 4.78 is 8.86. The highest BCUT2D eigenvalue weighted by molar-refractivity contribution is 6.36. The summed E-state index contributed by atoms with van der Waals surface area (Å²) in [5, 5.41) is 9.05. The highest BCUT2D eigenvalue weighted by Gasteiger charge is 2.22. The molecule has 0 aliphatic carbocycles. The number of aromatic nitrogens is 4. The number of benzene rings is 8. The zero-order valence-corrected chi connectivity index (χ0v) is 28.9. The topological polar surface area (TPSA) is 56.7 Å². The van der Waals surface area contributed by atoms with Crippen molar-refractivity contribution in [3.8, 4) is 39.9 Å². The van der Waals surface area contributed by atoms with E-state index in [9.17, 15) is 0 Å². The Morgan fingerprint density at radius 1 is 0.453 bits per heavy atom. The SMILES string of the molecule is Clc1ccc2oc3c4ccccc4ccc3c2c1-c1nc(-c2ccc3ccccc3c2)nc(-c2ccc3c(c2)c2ccccc2n3-c2ccccc2)n1. The Hall–Kier alpha value is -6.82. The van der Waals surface area contributed by atoms with E-state index >= 15 is 0 Å². The Morgan fingerprint density at radius 3 is 1.94 bits per heavy atom. The van der Waals surface area contributed by atoms with E-state index in [1.165, 1.54) is 0 Å². The van der Waals surface area contributed by atoms with Crippen molar-refractivity contribution in [2.45, 2.75) is 0 Å². The fourth-order valence-corrected chi connectivity index (χ4v) is 8.07. The predicted molar refractivity (Wildman–Crippen MR) is 218 cm³/mol. The molecule has 8 aromatic carbocycles. The number of furan rings is 1. The molecule has 5 nitrogen and oxygen atoms in total. The summed E-state index contributed by atoms with van der Waals surface area (Å²) in [6, 6.07) is 56.4. The molecule has 3 heterocycles. The van der Waals surface area contributed by atoms with E-state index in [0.29, 0.717) is 28.1 Å². The van der Waals surface area contributed by atoms with Crippen LogP contribution in [0.5, 0.6) is 0 Å². The van der Waals surface area contributed by atoms with E-state index < -0.39 is 0 Å². The van der Waals surface area contributed by atoms with E-state index in [0.717, 1.165) is 82.1 Å². The Balaban J connectivity index is 1.19. The van der Waals surface area contributed by atoms with E-state index in [1.807, 2.05) is 42.5 Å². The maximum atomic E-state index is 7.15. The average Bonchev–Trinajstić information content (AvgIpc) is 3.76. The zero-order chi connectivity index (χ0) is 35.0. The van der Waals surface area contributed by atoms with Crippen LogP contribution in [-0.4, -0.2) is 19.5 Å². The third kappa shape index (κ3) is 4.68. The monoisotopic (exact) mass is 698 g/mol. The third-order valence-electron chi connectivity index (χ3n) is 10.3. The molecule has 0 unspecified atom stereocenters. The van der Waals surface area contributed by atoms with Gasteiger partial charge >= 0.3 is 0 Å². The van der Waals surface area contributed by atoms with Crippen LogP contribution >= 0.6 is 11.6 Å². The minimum Gasteiger partial charge on any atom is -0.455 e. The molecule has 0 spiro atoms. The fraction of sp³-hybridized carbons (Fsp3) is 0. The molecule has 248 valence electrons. The van der Waals surface area contributed by atoms with Crippen molar-refractivity contribution in [1.82, 2.24) is 19.5 Å². The molecule has 0 N–H and O–H groups in total. The summed E-state index contributed by atoms with van der Waals surface area (Å²) in [4.78, 5) is 15.6. The largest absolute Gasteiger partial charge is 0.455 e. The number of hydrogen-bond donors (Lipinski definition) is 0. The van der Waals surface area contributed by atoms with Gasteiger partial charge in [-0.15, -0.1) is 0 Å². The Bertz CT molecular complexity index is 3250. The van der Waals surface area contributed by atoms with Crippen molar-refractivity contribution in [3.05, 3.63) is 169 Å². The van der Waals surface area contributed by atoms with Crippen molar-refractivity contribution in [1.29, 1.82) is 0 Å². The minimum atomic E-state index is 0.483. The second kappa shape index (κ2) is 11.6. The van der Waals surface area contributed by atoms with Crippen molar-refractivity contribution in [2.24, 2.45) is 0 Å². The van der Waals surface area contributed by atoms with Gasteiger partial charge in [0.1, 0.15) is 11.2 Å². The molecule has 6 heteroatoms. The highest BCUT2D eigenvalue weighted by Crippen LogP contribution is 2.43. The first kappa shape index (κ1) is 29.9. The number of fused-ring (bicyclic) bond motifs is 9. The Kier molecular flexibility index (Phi) is 6.54. The lowest BCUT2D eigenvalue weighted by molar-refractivity contribution is 0.672. The average molecular weight is 699 g/mol. The van der Waals surface area contributed by atoms with Crippen LogP contribution in [0.1, 0.15) is 0 Å². The third-order valence-corrected chi connectivity index (χ3v) is 10.6. The molecule has 0 aliphatic heterocycles. The van der Waals surface area contributed by atoms with Gasteiger partial charge < -0.3 is 8.98 Å². The van der Waals surface area contributed by atoms with Gasteiger partial charge in [0.25, 0.3) is 0 Å². The summed E-state index contributed by atoms with van der Waals surface area (Å²) in [5.74, 6) is 1.60.